The van der Waals surface area contributed by atoms with Crippen LogP contribution in [0.1, 0.15) is 45.6 Å². The Kier molecular flexibility index (Phi) is 7.33. The molecule has 0 saturated carbocycles. The molecule has 28 heavy (non-hydrogen) atoms. The van der Waals surface area contributed by atoms with Gasteiger partial charge in [-0.15, -0.1) is 0 Å². The zero-order valence-corrected chi connectivity index (χ0v) is 18.2. The van der Waals surface area contributed by atoms with Gasteiger partial charge < -0.3 is 18.6 Å². The minimum Gasteiger partial charge on any atom is -0.493 e. The predicted molar refractivity (Wildman–Crippen MR) is 107 cm³/mol. The predicted octanol–water partition coefficient (Wildman–Crippen LogP) is 2.98. The third-order valence-electron chi connectivity index (χ3n) is 4.32. The van der Waals surface area contributed by atoms with Gasteiger partial charge in [0.15, 0.2) is 11.5 Å². The Labute approximate surface area is 168 Å². The van der Waals surface area contributed by atoms with E-state index >= 15 is 0 Å². The fraction of sp³-hybridized carbons (Fsp3) is 0.650. The summed E-state index contributed by atoms with van der Waals surface area (Å²) < 4.78 is 39.0. The fourth-order valence-electron chi connectivity index (χ4n) is 3.12. The van der Waals surface area contributed by atoms with Crippen LogP contribution in [0.3, 0.4) is 0 Å². The highest BCUT2D eigenvalue weighted by Gasteiger charge is 2.26. The number of amides is 1. The van der Waals surface area contributed by atoms with Gasteiger partial charge in [-0.25, -0.2) is 0 Å². The summed E-state index contributed by atoms with van der Waals surface area (Å²) in [6.45, 7) is 7.67. The smallest absolute Gasteiger partial charge is 0.306 e. The molecule has 0 aromatic heterocycles. The molecule has 1 aliphatic heterocycles. The topological polar surface area (TPSA) is 82.1 Å². The third-order valence-corrected chi connectivity index (χ3v) is 4.81. The summed E-state index contributed by atoms with van der Waals surface area (Å²) in [6, 6.07) is 5.06. The highest BCUT2D eigenvalue weighted by atomic mass is 32.2. The van der Waals surface area contributed by atoms with E-state index in [4.69, 9.17) is 13.7 Å². The van der Waals surface area contributed by atoms with Crippen LogP contribution in [0, 0.1) is 5.41 Å². The Morgan fingerprint density at radius 3 is 2.54 bits per heavy atom. The molecule has 1 atom stereocenters. The molecular weight excluding hydrogens is 382 g/mol. The SMILES string of the molecule is COc1ccc(CN(C[C@H]2CCCO2)C(=O)CC(C)(C)C)cc1OS(C)(=O)=O. The number of rotatable bonds is 8. The molecule has 2 rings (SSSR count). The molecule has 1 aromatic rings. The summed E-state index contributed by atoms with van der Waals surface area (Å²) in [5.41, 5.74) is 0.635. The molecule has 0 N–H and O–H groups in total. The second-order valence-corrected chi connectivity index (χ2v) is 9.99. The van der Waals surface area contributed by atoms with Crippen LogP contribution in [0.5, 0.6) is 11.5 Å². The van der Waals surface area contributed by atoms with Crippen LogP contribution in [0.25, 0.3) is 0 Å². The van der Waals surface area contributed by atoms with Gasteiger partial charge in [0.2, 0.25) is 5.91 Å². The first-order valence-corrected chi connectivity index (χ1v) is 11.2. The fourth-order valence-corrected chi connectivity index (χ4v) is 3.58. The summed E-state index contributed by atoms with van der Waals surface area (Å²) >= 11 is 0. The van der Waals surface area contributed by atoms with E-state index in [-0.39, 0.29) is 23.2 Å². The van der Waals surface area contributed by atoms with E-state index in [0.717, 1.165) is 31.3 Å². The van der Waals surface area contributed by atoms with Gasteiger partial charge in [0.05, 0.1) is 19.5 Å². The number of carbonyl (C=O) groups is 1. The number of methoxy groups -OCH3 is 1. The van der Waals surface area contributed by atoms with Crippen LogP contribution in [0.15, 0.2) is 18.2 Å². The van der Waals surface area contributed by atoms with E-state index in [1.165, 1.54) is 7.11 Å². The van der Waals surface area contributed by atoms with Crippen LogP contribution in [0.2, 0.25) is 0 Å². The lowest BCUT2D eigenvalue weighted by Crippen LogP contribution is -2.38. The van der Waals surface area contributed by atoms with Gasteiger partial charge in [-0.3, -0.25) is 4.79 Å². The number of benzene rings is 1. The molecule has 1 heterocycles. The summed E-state index contributed by atoms with van der Waals surface area (Å²) in [7, 11) is -2.25. The Morgan fingerprint density at radius 2 is 2.00 bits per heavy atom. The van der Waals surface area contributed by atoms with Crippen molar-refractivity contribution >= 4 is 16.0 Å². The van der Waals surface area contributed by atoms with E-state index in [1.807, 2.05) is 20.8 Å². The number of nitrogens with zero attached hydrogens (tertiary/aromatic N) is 1. The second-order valence-electron chi connectivity index (χ2n) is 8.42. The quantitative estimate of drug-likeness (QED) is 0.610. The van der Waals surface area contributed by atoms with Crippen molar-refractivity contribution < 1.29 is 26.9 Å². The van der Waals surface area contributed by atoms with Crippen molar-refractivity contribution in [3.8, 4) is 11.5 Å². The molecule has 7 nitrogen and oxygen atoms in total. The van der Waals surface area contributed by atoms with E-state index in [2.05, 4.69) is 0 Å². The third kappa shape index (κ3) is 7.31. The Hall–Kier alpha value is -1.80. The van der Waals surface area contributed by atoms with E-state index < -0.39 is 10.1 Å². The van der Waals surface area contributed by atoms with Gasteiger partial charge in [-0.05, 0) is 36.0 Å². The first kappa shape index (κ1) is 22.5. The van der Waals surface area contributed by atoms with Crippen LogP contribution >= 0.6 is 0 Å². The number of hydrogen-bond acceptors (Lipinski definition) is 6. The van der Waals surface area contributed by atoms with Crippen molar-refractivity contribution in [2.75, 3.05) is 26.5 Å². The molecule has 0 bridgehead atoms. The molecule has 158 valence electrons. The number of ether oxygens (including phenoxy) is 2. The van der Waals surface area contributed by atoms with Crippen LogP contribution in [0.4, 0.5) is 0 Å². The highest BCUT2D eigenvalue weighted by Crippen LogP contribution is 2.30. The van der Waals surface area contributed by atoms with Crippen molar-refractivity contribution in [3.63, 3.8) is 0 Å². The first-order valence-electron chi connectivity index (χ1n) is 9.42. The molecule has 1 amide bonds. The normalized spacial score (nSPS) is 17.4. The van der Waals surface area contributed by atoms with Crippen molar-refractivity contribution in [3.05, 3.63) is 23.8 Å². The molecule has 0 unspecified atom stereocenters. The Bertz CT molecular complexity index is 778. The first-order chi connectivity index (χ1) is 13.0. The van der Waals surface area contributed by atoms with Crippen LogP contribution < -0.4 is 8.92 Å². The zero-order valence-electron chi connectivity index (χ0n) is 17.4. The van der Waals surface area contributed by atoms with Crippen molar-refractivity contribution in [2.24, 2.45) is 5.41 Å². The summed E-state index contributed by atoms with van der Waals surface area (Å²) in [6.07, 6.45) is 3.37. The van der Waals surface area contributed by atoms with Crippen LogP contribution in [-0.4, -0.2) is 51.8 Å². The molecule has 1 aromatic carbocycles. The molecule has 1 aliphatic rings. The lowest BCUT2D eigenvalue weighted by atomic mass is 9.91. The molecule has 0 aliphatic carbocycles. The van der Waals surface area contributed by atoms with Gasteiger partial charge in [0, 0.05) is 26.1 Å². The average molecular weight is 414 g/mol. The van der Waals surface area contributed by atoms with Crippen molar-refractivity contribution in [1.82, 2.24) is 4.90 Å². The maximum absolute atomic E-state index is 12.9. The average Bonchev–Trinajstić information content (AvgIpc) is 3.04. The number of carbonyl (C=O) groups excluding carboxylic acids is 1. The monoisotopic (exact) mass is 413 g/mol. The van der Waals surface area contributed by atoms with E-state index in [0.29, 0.717) is 25.3 Å². The van der Waals surface area contributed by atoms with E-state index in [1.54, 1.807) is 23.1 Å². The lowest BCUT2D eigenvalue weighted by Gasteiger charge is -2.29. The van der Waals surface area contributed by atoms with E-state index in [9.17, 15) is 13.2 Å². The molecule has 0 spiro atoms. The van der Waals surface area contributed by atoms with Gasteiger partial charge in [-0.1, -0.05) is 26.8 Å². The second kappa shape index (κ2) is 9.13. The standard InChI is InChI=1S/C20H31NO6S/c1-20(2,3)12-19(22)21(14-16-7-6-10-26-16)13-15-8-9-17(25-4)18(11-15)27-28(5,23)24/h8-9,11,16H,6-7,10,12-14H2,1-5H3/t16-/m1/s1. The summed E-state index contributed by atoms with van der Waals surface area (Å²) in [5.74, 6) is 0.480. The minimum absolute atomic E-state index is 0.0360. The van der Waals surface area contributed by atoms with Crippen LogP contribution in [-0.2, 0) is 26.2 Å². The van der Waals surface area contributed by atoms with Crippen molar-refractivity contribution in [2.45, 2.75) is 52.7 Å². The Balaban J connectivity index is 2.23. The summed E-state index contributed by atoms with van der Waals surface area (Å²) in [5, 5.41) is 0. The highest BCUT2D eigenvalue weighted by molar-refractivity contribution is 7.86. The maximum Gasteiger partial charge on any atom is 0.306 e. The summed E-state index contributed by atoms with van der Waals surface area (Å²) in [4.78, 5) is 14.7. The maximum atomic E-state index is 12.9. The lowest BCUT2D eigenvalue weighted by molar-refractivity contribution is -0.135. The molecule has 0 radical (unpaired) electrons. The number of hydrogen-bond donors (Lipinski definition) is 0. The Morgan fingerprint density at radius 1 is 1.29 bits per heavy atom. The molecule has 1 fully saturated rings. The molecule has 1 saturated heterocycles. The molecular formula is C20H31NO6S. The van der Waals surface area contributed by atoms with Gasteiger partial charge in [-0.2, -0.15) is 8.42 Å². The van der Waals surface area contributed by atoms with Gasteiger partial charge in [0.1, 0.15) is 0 Å². The largest absolute Gasteiger partial charge is 0.493 e. The van der Waals surface area contributed by atoms with Gasteiger partial charge >= 0.3 is 10.1 Å². The minimum atomic E-state index is -3.69. The van der Waals surface area contributed by atoms with Gasteiger partial charge in [0.25, 0.3) is 0 Å². The zero-order chi connectivity index (χ0) is 20.9. The molecule has 8 heteroatoms. The van der Waals surface area contributed by atoms with Crippen molar-refractivity contribution in [1.29, 1.82) is 0 Å².